The Bertz CT molecular complexity index is 491. The summed E-state index contributed by atoms with van der Waals surface area (Å²) in [6.45, 7) is 7.68. The lowest BCUT2D eigenvalue weighted by Crippen LogP contribution is -2.44. The Morgan fingerprint density at radius 3 is 2.74 bits per heavy atom. The smallest absolute Gasteiger partial charge is 0.415 e. The standard InChI is InChI=1S/C15H22N2O2/c1-10-5-6-11-9-12(16)7-8-13(11)17(10)14(18)19-15(2,3)4/h7-10H,5-6,16H2,1-4H3. The van der Waals surface area contributed by atoms with E-state index in [0.717, 1.165) is 29.8 Å². The van der Waals surface area contributed by atoms with Crippen LogP contribution in [-0.2, 0) is 11.2 Å². The Kier molecular flexibility index (Phi) is 3.43. The average molecular weight is 262 g/mol. The van der Waals surface area contributed by atoms with Gasteiger partial charge in [-0.1, -0.05) is 0 Å². The predicted molar refractivity (Wildman–Crippen MR) is 77.4 cm³/mol. The van der Waals surface area contributed by atoms with Crippen LogP contribution >= 0.6 is 0 Å². The number of ether oxygens (including phenoxy) is 1. The maximum Gasteiger partial charge on any atom is 0.415 e. The Morgan fingerprint density at radius 1 is 1.42 bits per heavy atom. The number of nitrogens with zero attached hydrogens (tertiary/aromatic N) is 1. The van der Waals surface area contributed by atoms with Gasteiger partial charge in [0.2, 0.25) is 0 Å². The second kappa shape index (κ2) is 4.76. The summed E-state index contributed by atoms with van der Waals surface area (Å²) in [4.78, 5) is 14.1. The Hall–Kier alpha value is -1.71. The highest BCUT2D eigenvalue weighted by atomic mass is 16.6. The number of aryl methyl sites for hydroxylation is 1. The van der Waals surface area contributed by atoms with E-state index in [1.54, 1.807) is 4.90 Å². The summed E-state index contributed by atoms with van der Waals surface area (Å²) in [5.41, 5.74) is 8.09. The lowest BCUT2D eigenvalue weighted by Gasteiger charge is -2.36. The fourth-order valence-electron chi connectivity index (χ4n) is 2.36. The number of nitrogens with two attached hydrogens (primary N) is 1. The van der Waals surface area contributed by atoms with Crippen molar-refractivity contribution in [2.45, 2.75) is 52.2 Å². The second-order valence-corrected chi connectivity index (χ2v) is 6.13. The van der Waals surface area contributed by atoms with Crippen molar-refractivity contribution in [1.29, 1.82) is 0 Å². The van der Waals surface area contributed by atoms with Gasteiger partial charge in [0.05, 0.1) is 5.69 Å². The van der Waals surface area contributed by atoms with E-state index >= 15 is 0 Å². The van der Waals surface area contributed by atoms with Crippen LogP contribution in [0.15, 0.2) is 18.2 Å². The molecule has 4 heteroatoms. The van der Waals surface area contributed by atoms with E-state index < -0.39 is 5.60 Å². The maximum atomic E-state index is 12.3. The number of hydrogen-bond donors (Lipinski definition) is 1. The van der Waals surface area contributed by atoms with Gasteiger partial charge in [-0.15, -0.1) is 0 Å². The number of carbonyl (C=O) groups excluding carboxylic acids is 1. The molecule has 19 heavy (non-hydrogen) atoms. The summed E-state index contributed by atoms with van der Waals surface area (Å²) in [7, 11) is 0. The van der Waals surface area contributed by atoms with E-state index in [2.05, 4.69) is 0 Å². The first-order chi connectivity index (χ1) is 8.78. The highest BCUT2D eigenvalue weighted by Crippen LogP contribution is 2.33. The lowest BCUT2D eigenvalue weighted by molar-refractivity contribution is 0.0563. The van der Waals surface area contributed by atoms with Crippen LogP contribution in [-0.4, -0.2) is 17.7 Å². The average Bonchev–Trinajstić information content (AvgIpc) is 2.26. The van der Waals surface area contributed by atoms with Crippen LogP contribution in [0.25, 0.3) is 0 Å². The highest BCUT2D eigenvalue weighted by molar-refractivity contribution is 5.90. The molecule has 1 atom stereocenters. The van der Waals surface area contributed by atoms with Gasteiger partial charge in [0.25, 0.3) is 0 Å². The normalized spacial score (nSPS) is 18.9. The summed E-state index contributed by atoms with van der Waals surface area (Å²) in [5, 5.41) is 0. The Balaban J connectivity index is 2.33. The number of anilines is 2. The van der Waals surface area contributed by atoms with Crippen molar-refractivity contribution in [3.8, 4) is 0 Å². The van der Waals surface area contributed by atoms with E-state index in [-0.39, 0.29) is 12.1 Å². The first-order valence-electron chi connectivity index (χ1n) is 6.68. The minimum atomic E-state index is -0.484. The largest absolute Gasteiger partial charge is 0.443 e. The van der Waals surface area contributed by atoms with Crippen molar-refractivity contribution < 1.29 is 9.53 Å². The third-order valence-electron chi connectivity index (χ3n) is 3.23. The molecular formula is C15H22N2O2. The van der Waals surface area contributed by atoms with Crippen LogP contribution in [0.5, 0.6) is 0 Å². The van der Waals surface area contributed by atoms with Crippen molar-refractivity contribution >= 4 is 17.5 Å². The molecule has 1 aromatic carbocycles. The first kappa shape index (κ1) is 13.7. The van der Waals surface area contributed by atoms with Gasteiger partial charge in [-0.05, 0) is 64.3 Å². The number of hydrogen-bond acceptors (Lipinski definition) is 3. The molecule has 1 unspecified atom stereocenters. The van der Waals surface area contributed by atoms with Crippen molar-refractivity contribution in [2.24, 2.45) is 0 Å². The van der Waals surface area contributed by atoms with Crippen LogP contribution in [0.4, 0.5) is 16.2 Å². The van der Waals surface area contributed by atoms with Gasteiger partial charge in [-0.25, -0.2) is 4.79 Å². The molecule has 0 fully saturated rings. The molecule has 1 aliphatic heterocycles. The minimum absolute atomic E-state index is 0.144. The van der Waals surface area contributed by atoms with Gasteiger partial charge in [-0.2, -0.15) is 0 Å². The van der Waals surface area contributed by atoms with Crippen molar-refractivity contribution in [3.05, 3.63) is 23.8 Å². The van der Waals surface area contributed by atoms with E-state index in [1.165, 1.54) is 0 Å². The summed E-state index contributed by atoms with van der Waals surface area (Å²) in [6, 6.07) is 5.82. The molecule has 104 valence electrons. The molecule has 1 heterocycles. The molecule has 4 nitrogen and oxygen atoms in total. The van der Waals surface area contributed by atoms with Gasteiger partial charge < -0.3 is 10.5 Å². The SMILES string of the molecule is CC1CCc2cc(N)ccc2N1C(=O)OC(C)(C)C. The summed E-state index contributed by atoms with van der Waals surface area (Å²) >= 11 is 0. The number of rotatable bonds is 0. The molecule has 2 N–H and O–H groups in total. The van der Waals surface area contributed by atoms with Crippen molar-refractivity contribution in [3.63, 3.8) is 0 Å². The molecule has 0 saturated carbocycles. The predicted octanol–water partition coefficient (Wildman–Crippen LogP) is 3.35. The fraction of sp³-hybridized carbons (Fsp3) is 0.533. The number of carbonyl (C=O) groups is 1. The fourth-order valence-corrected chi connectivity index (χ4v) is 2.36. The number of fused-ring (bicyclic) bond motifs is 1. The highest BCUT2D eigenvalue weighted by Gasteiger charge is 2.31. The molecule has 2 rings (SSSR count). The molecule has 0 radical (unpaired) electrons. The Morgan fingerprint density at radius 2 is 2.11 bits per heavy atom. The quantitative estimate of drug-likeness (QED) is 0.729. The zero-order valence-corrected chi connectivity index (χ0v) is 12.1. The molecule has 0 saturated heterocycles. The van der Waals surface area contributed by atoms with Crippen molar-refractivity contribution in [1.82, 2.24) is 0 Å². The van der Waals surface area contributed by atoms with Crippen LogP contribution in [0, 0.1) is 0 Å². The molecule has 0 spiro atoms. The van der Waals surface area contributed by atoms with E-state index in [0.29, 0.717) is 0 Å². The van der Waals surface area contributed by atoms with E-state index in [4.69, 9.17) is 10.5 Å². The van der Waals surface area contributed by atoms with Gasteiger partial charge in [0.1, 0.15) is 5.60 Å². The summed E-state index contributed by atoms with van der Waals surface area (Å²) < 4.78 is 5.49. The summed E-state index contributed by atoms with van der Waals surface area (Å²) in [6.07, 6.45) is 1.59. The number of amides is 1. The van der Waals surface area contributed by atoms with Gasteiger partial charge >= 0.3 is 6.09 Å². The van der Waals surface area contributed by atoms with E-state index in [1.807, 2.05) is 45.9 Å². The van der Waals surface area contributed by atoms with Crippen LogP contribution in [0.3, 0.4) is 0 Å². The maximum absolute atomic E-state index is 12.3. The van der Waals surface area contributed by atoms with Gasteiger partial charge in [0.15, 0.2) is 0 Å². The zero-order chi connectivity index (χ0) is 14.2. The lowest BCUT2D eigenvalue weighted by atomic mass is 9.96. The number of nitrogen functional groups attached to an aromatic ring is 1. The van der Waals surface area contributed by atoms with E-state index in [9.17, 15) is 4.79 Å². The molecule has 1 aliphatic rings. The number of benzene rings is 1. The zero-order valence-electron chi connectivity index (χ0n) is 12.1. The monoisotopic (exact) mass is 262 g/mol. The first-order valence-corrected chi connectivity index (χ1v) is 6.68. The topological polar surface area (TPSA) is 55.6 Å². The molecular weight excluding hydrogens is 240 g/mol. The summed E-state index contributed by atoms with van der Waals surface area (Å²) in [5.74, 6) is 0. The van der Waals surface area contributed by atoms with Crippen molar-refractivity contribution in [2.75, 3.05) is 10.6 Å². The molecule has 0 aliphatic carbocycles. The van der Waals surface area contributed by atoms with Gasteiger partial charge in [-0.3, -0.25) is 4.90 Å². The van der Waals surface area contributed by atoms with Crippen LogP contribution in [0.2, 0.25) is 0 Å². The Labute approximate surface area is 114 Å². The van der Waals surface area contributed by atoms with Crippen LogP contribution in [0.1, 0.15) is 39.7 Å². The second-order valence-electron chi connectivity index (χ2n) is 6.13. The molecule has 0 aromatic heterocycles. The minimum Gasteiger partial charge on any atom is -0.443 e. The van der Waals surface area contributed by atoms with Gasteiger partial charge in [0, 0.05) is 11.7 Å². The third-order valence-corrected chi connectivity index (χ3v) is 3.23. The van der Waals surface area contributed by atoms with Crippen LogP contribution < -0.4 is 10.6 Å². The molecule has 1 aromatic rings. The third kappa shape index (κ3) is 3.00. The molecule has 0 bridgehead atoms. The molecule has 1 amide bonds.